The van der Waals surface area contributed by atoms with Gasteiger partial charge in [0.05, 0.1) is 10.2 Å². The lowest BCUT2D eigenvalue weighted by Crippen LogP contribution is -2.45. The number of rotatable bonds is 2. The van der Waals surface area contributed by atoms with E-state index in [4.69, 9.17) is 0 Å². The Morgan fingerprint density at radius 3 is 3.10 bits per heavy atom. The molecular formula is C15H19N3OS. The Bertz CT molecular complexity index is 577. The molecule has 2 amide bonds. The fraction of sp³-hybridized carbons (Fsp3) is 0.467. The van der Waals surface area contributed by atoms with Crippen LogP contribution in [0.5, 0.6) is 0 Å². The van der Waals surface area contributed by atoms with E-state index in [-0.39, 0.29) is 6.03 Å². The van der Waals surface area contributed by atoms with Crippen molar-refractivity contribution in [2.45, 2.75) is 38.6 Å². The minimum absolute atomic E-state index is 0.00407. The van der Waals surface area contributed by atoms with Crippen LogP contribution < -0.4 is 5.32 Å². The molecule has 4 nitrogen and oxygen atoms in total. The molecule has 1 N–H and O–H groups in total. The van der Waals surface area contributed by atoms with E-state index in [2.05, 4.69) is 17.2 Å². The van der Waals surface area contributed by atoms with Crippen molar-refractivity contribution in [3.63, 3.8) is 0 Å². The number of urea groups is 1. The van der Waals surface area contributed by atoms with Crippen LogP contribution >= 0.6 is 11.3 Å². The van der Waals surface area contributed by atoms with Gasteiger partial charge >= 0.3 is 6.03 Å². The summed E-state index contributed by atoms with van der Waals surface area (Å²) in [5.41, 5.74) is 0.943. The van der Waals surface area contributed by atoms with Gasteiger partial charge in [-0.05, 0) is 37.8 Å². The van der Waals surface area contributed by atoms with Crippen LogP contribution in [0.1, 0.15) is 32.6 Å². The number of likely N-dealkylation sites (tertiary alicyclic amines) is 1. The predicted octanol–water partition coefficient (Wildman–Crippen LogP) is 4.09. The van der Waals surface area contributed by atoms with E-state index in [9.17, 15) is 4.79 Å². The summed E-state index contributed by atoms with van der Waals surface area (Å²) in [5.74, 6) is 0. The highest BCUT2D eigenvalue weighted by molar-refractivity contribution is 7.22. The first-order valence-corrected chi connectivity index (χ1v) is 8.03. The number of carbonyl (C=O) groups excluding carboxylic acids is 1. The number of hydrogen-bond acceptors (Lipinski definition) is 3. The number of benzene rings is 1. The van der Waals surface area contributed by atoms with Crippen LogP contribution in [-0.4, -0.2) is 28.5 Å². The maximum absolute atomic E-state index is 12.4. The molecule has 0 aliphatic carbocycles. The van der Waals surface area contributed by atoms with Gasteiger partial charge in [-0.2, -0.15) is 0 Å². The van der Waals surface area contributed by atoms with Crippen LogP contribution in [0.15, 0.2) is 24.3 Å². The topological polar surface area (TPSA) is 45.2 Å². The molecule has 5 heteroatoms. The third-order valence-corrected chi connectivity index (χ3v) is 4.82. The zero-order valence-corrected chi connectivity index (χ0v) is 12.4. The number of carbonyl (C=O) groups is 1. The number of amides is 2. The molecule has 1 aromatic carbocycles. The van der Waals surface area contributed by atoms with Gasteiger partial charge in [-0.25, -0.2) is 9.78 Å². The number of hydrogen-bond donors (Lipinski definition) is 1. The van der Waals surface area contributed by atoms with E-state index < -0.39 is 0 Å². The van der Waals surface area contributed by atoms with Gasteiger partial charge < -0.3 is 4.90 Å². The summed E-state index contributed by atoms with van der Waals surface area (Å²) in [5, 5.41) is 3.65. The van der Waals surface area contributed by atoms with Gasteiger partial charge in [0.1, 0.15) is 0 Å². The summed E-state index contributed by atoms with van der Waals surface area (Å²) in [4.78, 5) is 18.8. The molecule has 1 fully saturated rings. The van der Waals surface area contributed by atoms with Crippen molar-refractivity contribution < 1.29 is 4.79 Å². The molecular weight excluding hydrogens is 270 g/mol. The van der Waals surface area contributed by atoms with E-state index in [1.165, 1.54) is 17.8 Å². The van der Waals surface area contributed by atoms with Crippen LogP contribution in [0.4, 0.5) is 9.93 Å². The summed E-state index contributed by atoms with van der Waals surface area (Å²) < 4.78 is 1.11. The van der Waals surface area contributed by atoms with Gasteiger partial charge in [0.2, 0.25) is 0 Å². The average Bonchev–Trinajstić information content (AvgIpc) is 2.89. The quantitative estimate of drug-likeness (QED) is 0.905. The number of nitrogens with zero attached hydrogens (tertiary/aromatic N) is 2. The molecule has 2 aromatic rings. The summed E-state index contributed by atoms with van der Waals surface area (Å²) in [6.07, 6.45) is 4.46. The molecule has 20 heavy (non-hydrogen) atoms. The normalized spacial score (nSPS) is 19.2. The molecule has 3 rings (SSSR count). The molecule has 1 unspecified atom stereocenters. The number of anilines is 1. The van der Waals surface area contributed by atoms with Crippen molar-refractivity contribution in [1.29, 1.82) is 0 Å². The fourth-order valence-corrected chi connectivity index (χ4v) is 3.64. The summed E-state index contributed by atoms with van der Waals surface area (Å²) in [7, 11) is 0. The molecule has 0 radical (unpaired) electrons. The predicted molar refractivity (Wildman–Crippen MR) is 83.3 cm³/mol. The largest absolute Gasteiger partial charge is 0.323 e. The molecule has 1 aliphatic rings. The van der Waals surface area contributed by atoms with Crippen molar-refractivity contribution in [3.8, 4) is 0 Å². The summed E-state index contributed by atoms with van der Waals surface area (Å²) in [6.45, 7) is 3.00. The second kappa shape index (κ2) is 5.79. The second-order valence-corrected chi connectivity index (χ2v) is 6.20. The zero-order chi connectivity index (χ0) is 13.9. The number of fused-ring (bicyclic) bond motifs is 1. The number of thiazole rings is 1. The lowest BCUT2D eigenvalue weighted by Gasteiger charge is -2.34. The van der Waals surface area contributed by atoms with Crippen molar-refractivity contribution in [2.24, 2.45) is 0 Å². The van der Waals surface area contributed by atoms with Crippen molar-refractivity contribution in [3.05, 3.63) is 24.3 Å². The van der Waals surface area contributed by atoms with Crippen molar-refractivity contribution >= 4 is 32.7 Å². The number of piperidine rings is 1. The maximum atomic E-state index is 12.4. The first kappa shape index (κ1) is 13.4. The Morgan fingerprint density at radius 1 is 1.45 bits per heavy atom. The van der Waals surface area contributed by atoms with Gasteiger partial charge in [0.25, 0.3) is 0 Å². The first-order chi connectivity index (χ1) is 9.78. The molecule has 0 bridgehead atoms. The van der Waals surface area contributed by atoms with Gasteiger partial charge in [-0.1, -0.05) is 30.4 Å². The highest BCUT2D eigenvalue weighted by Crippen LogP contribution is 2.26. The third-order valence-electron chi connectivity index (χ3n) is 3.87. The molecule has 106 valence electrons. The lowest BCUT2D eigenvalue weighted by molar-refractivity contribution is 0.160. The summed E-state index contributed by atoms with van der Waals surface area (Å²) >= 11 is 1.53. The molecule has 1 saturated heterocycles. The minimum atomic E-state index is -0.00407. The third kappa shape index (κ3) is 2.63. The smallest absolute Gasteiger partial charge is 0.322 e. The minimum Gasteiger partial charge on any atom is -0.322 e. The molecule has 1 atom stereocenters. The highest BCUT2D eigenvalue weighted by Gasteiger charge is 2.25. The van der Waals surface area contributed by atoms with Gasteiger partial charge in [0, 0.05) is 12.6 Å². The fourth-order valence-electron chi connectivity index (χ4n) is 2.78. The van der Waals surface area contributed by atoms with Crippen LogP contribution in [0.3, 0.4) is 0 Å². The van der Waals surface area contributed by atoms with Gasteiger partial charge in [-0.15, -0.1) is 0 Å². The van der Waals surface area contributed by atoms with Gasteiger partial charge in [0.15, 0.2) is 5.13 Å². The van der Waals surface area contributed by atoms with E-state index >= 15 is 0 Å². The number of aromatic nitrogens is 1. The van der Waals surface area contributed by atoms with E-state index in [0.29, 0.717) is 11.2 Å². The standard InChI is InChI=1S/C15H19N3OS/c1-2-11-7-5-6-10-18(11)15(19)17-14-16-12-8-3-4-9-13(12)20-14/h3-4,8-9,11H,2,5-7,10H2,1H3,(H,16,17,19). The maximum Gasteiger partial charge on any atom is 0.323 e. The van der Waals surface area contributed by atoms with Gasteiger partial charge in [-0.3, -0.25) is 5.32 Å². The molecule has 1 aromatic heterocycles. The second-order valence-electron chi connectivity index (χ2n) is 5.17. The van der Waals surface area contributed by atoms with Crippen molar-refractivity contribution in [1.82, 2.24) is 9.88 Å². The zero-order valence-electron chi connectivity index (χ0n) is 11.6. The monoisotopic (exact) mass is 289 g/mol. The Labute approximate surface area is 122 Å². The molecule has 2 heterocycles. The van der Waals surface area contributed by atoms with Crippen LogP contribution in [0, 0.1) is 0 Å². The number of para-hydroxylation sites is 1. The Hall–Kier alpha value is -1.62. The Kier molecular flexibility index (Phi) is 3.87. The van der Waals surface area contributed by atoms with E-state index in [0.717, 1.165) is 36.0 Å². The SMILES string of the molecule is CCC1CCCCN1C(=O)Nc1nc2ccccc2s1. The highest BCUT2D eigenvalue weighted by atomic mass is 32.1. The molecule has 0 spiro atoms. The summed E-state index contributed by atoms with van der Waals surface area (Å²) in [6, 6.07) is 8.32. The van der Waals surface area contributed by atoms with Crippen LogP contribution in [0.2, 0.25) is 0 Å². The lowest BCUT2D eigenvalue weighted by atomic mass is 10.0. The first-order valence-electron chi connectivity index (χ1n) is 7.21. The van der Waals surface area contributed by atoms with Crippen LogP contribution in [-0.2, 0) is 0 Å². The van der Waals surface area contributed by atoms with E-state index in [1.54, 1.807) is 0 Å². The molecule has 1 aliphatic heterocycles. The van der Waals surface area contributed by atoms with Crippen molar-refractivity contribution in [2.75, 3.05) is 11.9 Å². The molecule has 0 saturated carbocycles. The average molecular weight is 289 g/mol. The number of nitrogens with one attached hydrogen (secondary N) is 1. The van der Waals surface area contributed by atoms with Crippen LogP contribution in [0.25, 0.3) is 10.2 Å². The Morgan fingerprint density at radius 2 is 2.30 bits per heavy atom. The Balaban J connectivity index is 1.74. The van der Waals surface area contributed by atoms with E-state index in [1.807, 2.05) is 29.2 Å².